The van der Waals surface area contributed by atoms with E-state index in [0.29, 0.717) is 0 Å². The fourth-order valence-corrected chi connectivity index (χ4v) is 3.09. The first-order valence-corrected chi connectivity index (χ1v) is 6.10. The normalized spacial score (nSPS) is 27.5. The minimum Gasteiger partial charge on any atom is -0.246 e. The van der Waals surface area contributed by atoms with E-state index in [1.165, 1.54) is 11.3 Å². The summed E-state index contributed by atoms with van der Waals surface area (Å²) in [6, 6.07) is 10.1. The third-order valence-electron chi connectivity index (χ3n) is 2.65. The second-order valence-corrected chi connectivity index (χ2v) is 5.08. The molecule has 0 aromatic heterocycles. The van der Waals surface area contributed by atoms with Crippen molar-refractivity contribution in [3.8, 4) is 0 Å². The van der Waals surface area contributed by atoms with Crippen molar-refractivity contribution in [3.63, 3.8) is 0 Å². The molecule has 0 spiro atoms. The van der Waals surface area contributed by atoms with E-state index < -0.39 is 6.17 Å². The number of benzene rings is 1. The molecule has 0 aliphatic heterocycles. The van der Waals surface area contributed by atoms with Gasteiger partial charge >= 0.3 is 0 Å². The number of hydrogen-bond acceptors (Lipinski definition) is 1. The summed E-state index contributed by atoms with van der Waals surface area (Å²) in [6.45, 7) is 0. The summed E-state index contributed by atoms with van der Waals surface area (Å²) in [6.07, 6.45) is 3.43. The topological polar surface area (TPSA) is 0 Å². The summed E-state index contributed by atoms with van der Waals surface area (Å²) < 4.78 is 13.5. The van der Waals surface area contributed by atoms with Crippen molar-refractivity contribution in [2.24, 2.45) is 0 Å². The van der Waals surface area contributed by atoms with Gasteiger partial charge in [0.1, 0.15) is 6.17 Å². The Kier molecular flexibility index (Phi) is 3.46. The van der Waals surface area contributed by atoms with Crippen molar-refractivity contribution in [1.29, 1.82) is 0 Å². The van der Waals surface area contributed by atoms with Crippen LogP contribution in [0.25, 0.3) is 0 Å². The zero-order valence-corrected chi connectivity index (χ0v) is 8.97. The summed E-state index contributed by atoms with van der Waals surface area (Å²) in [5.41, 5.74) is 0. The zero-order chi connectivity index (χ0) is 9.80. The maximum atomic E-state index is 13.5. The summed E-state index contributed by atoms with van der Waals surface area (Å²) in [4.78, 5) is 1.20. The molecule has 0 heterocycles. The molecule has 0 radical (unpaired) electrons. The maximum Gasteiger partial charge on any atom is 0.112 e. The summed E-state index contributed by atoms with van der Waals surface area (Å²) in [5.74, 6) is 0. The van der Waals surface area contributed by atoms with Gasteiger partial charge < -0.3 is 0 Å². The molecule has 0 bridgehead atoms. The van der Waals surface area contributed by atoms with E-state index in [9.17, 15) is 4.39 Å². The Bertz CT molecular complexity index is 273. The molecule has 1 fully saturated rings. The van der Waals surface area contributed by atoms with E-state index in [4.69, 9.17) is 0 Å². The molecule has 1 aliphatic carbocycles. The molecule has 14 heavy (non-hydrogen) atoms. The molecule has 76 valence electrons. The molecule has 1 aliphatic rings. The van der Waals surface area contributed by atoms with Crippen LogP contribution in [-0.4, -0.2) is 11.4 Å². The summed E-state index contributed by atoms with van der Waals surface area (Å²) >= 11 is 1.70. The molecular formula is C12H15FS. The van der Waals surface area contributed by atoms with Crippen molar-refractivity contribution in [2.75, 3.05) is 0 Å². The molecule has 2 unspecified atom stereocenters. The van der Waals surface area contributed by atoms with E-state index >= 15 is 0 Å². The van der Waals surface area contributed by atoms with Crippen LogP contribution in [0.5, 0.6) is 0 Å². The van der Waals surface area contributed by atoms with Gasteiger partial charge in [0, 0.05) is 10.1 Å². The second kappa shape index (κ2) is 4.83. The highest BCUT2D eigenvalue weighted by molar-refractivity contribution is 8.00. The van der Waals surface area contributed by atoms with Crippen LogP contribution < -0.4 is 0 Å². The van der Waals surface area contributed by atoms with Gasteiger partial charge in [-0.05, 0) is 25.0 Å². The quantitative estimate of drug-likeness (QED) is 0.709. The fourth-order valence-electron chi connectivity index (χ4n) is 1.86. The van der Waals surface area contributed by atoms with Crippen molar-refractivity contribution >= 4 is 11.8 Å². The number of hydrogen-bond donors (Lipinski definition) is 0. The smallest absolute Gasteiger partial charge is 0.112 e. The fraction of sp³-hybridized carbons (Fsp3) is 0.500. The Morgan fingerprint density at radius 3 is 2.50 bits per heavy atom. The molecule has 0 nitrogen and oxygen atoms in total. The summed E-state index contributed by atoms with van der Waals surface area (Å²) in [5, 5.41) is 0.186. The predicted octanol–water partition coefficient (Wildman–Crippen LogP) is 4.06. The lowest BCUT2D eigenvalue weighted by molar-refractivity contribution is 0.260. The maximum absolute atomic E-state index is 13.5. The van der Waals surface area contributed by atoms with Gasteiger partial charge in [-0.15, -0.1) is 11.8 Å². The Hall–Kier alpha value is -0.500. The van der Waals surface area contributed by atoms with Crippen molar-refractivity contribution in [3.05, 3.63) is 30.3 Å². The van der Waals surface area contributed by atoms with Gasteiger partial charge in [-0.2, -0.15) is 0 Å². The van der Waals surface area contributed by atoms with Gasteiger partial charge in [0.15, 0.2) is 0 Å². The molecule has 2 heteroatoms. The van der Waals surface area contributed by atoms with Crippen LogP contribution in [0.4, 0.5) is 4.39 Å². The van der Waals surface area contributed by atoms with Crippen LogP contribution in [0.2, 0.25) is 0 Å². The van der Waals surface area contributed by atoms with Crippen molar-refractivity contribution < 1.29 is 4.39 Å². The average Bonchev–Trinajstić information content (AvgIpc) is 2.23. The highest BCUT2D eigenvalue weighted by Crippen LogP contribution is 2.35. The van der Waals surface area contributed by atoms with Crippen LogP contribution >= 0.6 is 11.8 Å². The first-order valence-electron chi connectivity index (χ1n) is 5.22. The van der Waals surface area contributed by atoms with Gasteiger partial charge in [-0.1, -0.05) is 31.0 Å². The Morgan fingerprint density at radius 1 is 1.07 bits per heavy atom. The lowest BCUT2D eigenvalue weighted by Crippen LogP contribution is -2.22. The molecule has 1 aromatic rings. The van der Waals surface area contributed by atoms with Gasteiger partial charge in [0.05, 0.1) is 0 Å². The number of halogens is 1. The minimum absolute atomic E-state index is 0.186. The van der Waals surface area contributed by atoms with Crippen LogP contribution in [-0.2, 0) is 0 Å². The highest BCUT2D eigenvalue weighted by atomic mass is 32.2. The summed E-state index contributed by atoms with van der Waals surface area (Å²) in [7, 11) is 0. The van der Waals surface area contributed by atoms with Gasteiger partial charge in [0.2, 0.25) is 0 Å². The molecule has 2 rings (SSSR count). The number of rotatable bonds is 2. The average molecular weight is 210 g/mol. The van der Waals surface area contributed by atoms with Gasteiger partial charge in [0.25, 0.3) is 0 Å². The molecule has 0 amide bonds. The van der Waals surface area contributed by atoms with E-state index in [0.717, 1.165) is 19.3 Å². The number of alkyl halides is 1. The van der Waals surface area contributed by atoms with Crippen LogP contribution in [0.1, 0.15) is 25.7 Å². The third-order valence-corrected chi connectivity index (χ3v) is 4.03. The third kappa shape index (κ3) is 2.50. The van der Waals surface area contributed by atoms with Gasteiger partial charge in [-0.25, -0.2) is 4.39 Å². The van der Waals surface area contributed by atoms with Crippen LogP contribution in [0.3, 0.4) is 0 Å². The SMILES string of the molecule is FC1CCCCC1Sc1ccccc1. The Morgan fingerprint density at radius 2 is 1.79 bits per heavy atom. The Labute approximate surface area is 88.9 Å². The predicted molar refractivity (Wildman–Crippen MR) is 59.5 cm³/mol. The van der Waals surface area contributed by atoms with Crippen LogP contribution in [0.15, 0.2) is 35.2 Å². The van der Waals surface area contributed by atoms with E-state index in [2.05, 4.69) is 12.1 Å². The molecule has 0 N–H and O–H groups in total. The van der Waals surface area contributed by atoms with E-state index in [1.807, 2.05) is 18.2 Å². The zero-order valence-electron chi connectivity index (χ0n) is 8.16. The number of thioether (sulfide) groups is 1. The first kappa shape index (κ1) is 10.0. The second-order valence-electron chi connectivity index (χ2n) is 3.77. The van der Waals surface area contributed by atoms with Crippen molar-refractivity contribution in [2.45, 2.75) is 42.0 Å². The first-order chi connectivity index (χ1) is 6.86. The standard InChI is InChI=1S/C12H15FS/c13-11-8-4-5-9-12(11)14-10-6-2-1-3-7-10/h1-3,6-7,11-12H,4-5,8-9H2. The van der Waals surface area contributed by atoms with Crippen LogP contribution in [0, 0.1) is 0 Å². The molecule has 1 aromatic carbocycles. The largest absolute Gasteiger partial charge is 0.246 e. The molecule has 0 saturated heterocycles. The molecule has 1 saturated carbocycles. The lowest BCUT2D eigenvalue weighted by atomic mass is 9.98. The van der Waals surface area contributed by atoms with Crippen molar-refractivity contribution in [1.82, 2.24) is 0 Å². The minimum atomic E-state index is -0.603. The molecular weight excluding hydrogens is 195 g/mol. The Balaban J connectivity index is 1.96. The highest BCUT2D eigenvalue weighted by Gasteiger charge is 2.25. The monoisotopic (exact) mass is 210 g/mol. The molecule has 2 atom stereocenters. The van der Waals surface area contributed by atoms with Gasteiger partial charge in [-0.3, -0.25) is 0 Å². The van der Waals surface area contributed by atoms with E-state index in [-0.39, 0.29) is 5.25 Å². The lowest BCUT2D eigenvalue weighted by Gasteiger charge is -2.25. The van der Waals surface area contributed by atoms with E-state index in [1.54, 1.807) is 11.8 Å².